The second-order valence-corrected chi connectivity index (χ2v) is 9.16. The minimum Gasteiger partial charge on any atom is -0.465 e. The SMILES string of the molecule is COC(=O)c1cc(Br)ccc1NS(=O)(=O)c1ccc(C2CC2)s1. The normalized spacial score (nSPS) is 14.5. The maximum absolute atomic E-state index is 12.5. The molecule has 0 amide bonds. The first-order valence-electron chi connectivity index (χ1n) is 6.91. The first-order valence-corrected chi connectivity index (χ1v) is 10.0. The fourth-order valence-corrected chi connectivity index (χ4v) is 5.08. The van der Waals surface area contributed by atoms with Gasteiger partial charge in [-0.15, -0.1) is 11.3 Å². The van der Waals surface area contributed by atoms with E-state index in [-0.39, 0.29) is 15.5 Å². The van der Waals surface area contributed by atoms with Gasteiger partial charge in [0.2, 0.25) is 0 Å². The number of carbonyl (C=O) groups is 1. The number of thiophene rings is 1. The number of carbonyl (C=O) groups excluding carboxylic acids is 1. The molecule has 0 saturated heterocycles. The molecule has 0 bridgehead atoms. The summed E-state index contributed by atoms with van der Waals surface area (Å²) in [6, 6.07) is 8.18. The molecule has 0 spiro atoms. The Balaban J connectivity index is 1.91. The number of esters is 1. The van der Waals surface area contributed by atoms with Gasteiger partial charge in [-0.2, -0.15) is 0 Å². The number of halogens is 1. The van der Waals surface area contributed by atoms with Crippen LogP contribution in [0.2, 0.25) is 0 Å². The van der Waals surface area contributed by atoms with Gasteiger partial charge in [-0.3, -0.25) is 4.72 Å². The Morgan fingerprint density at radius 3 is 2.70 bits per heavy atom. The van der Waals surface area contributed by atoms with E-state index >= 15 is 0 Å². The predicted octanol–water partition coefficient (Wildman–Crippen LogP) is 3.98. The van der Waals surface area contributed by atoms with E-state index in [0.29, 0.717) is 10.4 Å². The van der Waals surface area contributed by atoms with Gasteiger partial charge < -0.3 is 4.74 Å². The Morgan fingerprint density at radius 2 is 2.04 bits per heavy atom. The van der Waals surface area contributed by atoms with Crippen LogP contribution in [0.4, 0.5) is 5.69 Å². The lowest BCUT2D eigenvalue weighted by atomic mass is 10.2. The number of sulfonamides is 1. The number of anilines is 1. The van der Waals surface area contributed by atoms with Gasteiger partial charge >= 0.3 is 5.97 Å². The van der Waals surface area contributed by atoms with E-state index in [9.17, 15) is 13.2 Å². The molecule has 122 valence electrons. The van der Waals surface area contributed by atoms with Crippen molar-refractivity contribution in [2.24, 2.45) is 0 Å². The fourth-order valence-electron chi connectivity index (χ4n) is 2.15. The number of ether oxygens (including phenoxy) is 1. The molecule has 3 rings (SSSR count). The number of methoxy groups -OCH3 is 1. The lowest BCUT2D eigenvalue weighted by molar-refractivity contribution is 0.0602. The van der Waals surface area contributed by atoms with Crippen molar-refractivity contribution in [3.05, 3.63) is 45.2 Å². The molecule has 8 heteroatoms. The number of benzene rings is 1. The molecule has 0 atom stereocenters. The summed E-state index contributed by atoms with van der Waals surface area (Å²) in [4.78, 5) is 12.9. The summed E-state index contributed by atoms with van der Waals surface area (Å²) >= 11 is 4.54. The summed E-state index contributed by atoms with van der Waals surface area (Å²) in [5, 5.41) is 0. The van der Waals surface area contributed by atoms with Gasteiger partial charge in [0.25, 0.3) is 10.0 Å². The number of rotatable bonds is 5. The molecule has 1 aromatic heterocycles. The van der Waals surface area contributed by atoms with E-state index in [4.69, 9.17) is 4.74 Å². The van der Waals surface area contributed by atoms with Gasteiger partial charge in [-0.1, -0.05) is 15.9 Å². The molecule has 5 nitrogen and oxygen atoms in total. The van der Waals surface area contributed by atoms with Gasteiger partial charge in [-0.05, 0) is 49.1 Å². The second-order valence-electron chi connectivity index (χ2n) is 5.22. The molecule has 2 aromatic rings. The van der Waals surface area contributed by atoms with Crippen molar-refractivity contribution in [2.45, 2.75) is 23.0 Å². The number of hydrogen-bond acceptors (Lipinski definition) is 5. The third-order valence-electron chi connectivity index (χ3n) is 3.48. The Labute approximate surface area is 146 Å². The van der Waals surface area contributed by atoms with Crippen LogP contribution in [0.1, 0.15) is 34.0 Å². The zero-order chi connectivity index (χ0) is 16.6. The minimum absolute atomic E-state index is 0.157. The topological polar surface area (TPSA) is 72.5 Å². The van der Waals surface area contributed by atoms with Gasteiger partial charge in [0, 0.05) is 9.35 Å². The van der Waals surface area contributed by atoms with Crippen LogP contribution in [0.25, 0.3) is 0 Å². The third-order valence-corrected chi connectivity index (χ3v) is 7.08. The monoisotopic (exact) mass is 415 g/mol. The van der Waals surface area contributed by atoms with Crippen LogP contribution in [-0.2, 0) is 14.8 Å². The largest absolute Gasteiger partial charge is 0.465 e. The van der Waals surface area contributed by atoms with E-state index in [1.807, 2.05) is 6.07 Å². The van der Waals surface area contributed by atoms with Crippen LogP contribution in [0.5, 0.6) is 0 Å². The molecule has 1 N–H and O–H groups in total. The van der Waals surface area contributed by atoms with Gasteiger partial charge in [0.15, 0.2) is 0 Å². The van der Waals surface area contributed by atoms with Crippen molar-refractivity contribution in [3.63, 3.8) is 0 Å². The number of hydrogen-bond donors (Lipinski definition) is 1. The van der Waals surface area contributed by atoms with E-state index < -0.39 is 16.0 Å². The highest BCUT2D eigenvalue weighted by atomic mass is 79.9. The summed E-state index contributed by atoms with van der Waals surface area (Å²) in [7, 11) is -2.48. The number of nitrogens with one attached hydrogen (secondary N) is 1. The molecule has 1 fully saturated rings. The van der Waals surface area contributed by atoms with Crippen LogP contribution in [0.15, 0.2) is 39.0 Å². The molecule has 1 saturated carbocycles. The van der Waals surface area contributed by atoms with Crippen LogP contribution >= 0.6 is 27.3 Å². The van der Waals surface area contributed by atoms with Crippen molar-refractivity contribution in [1.82, 2.24) is 0 Å². The predicted molar refractivity (Wildman–Crippen MR) is 92.6 cm³/mol. The van der Waals surface area contributed by atoms with E-state index in [2.05, 4.69) is 20.7 Å². The maximum atomic E-state index is 12.5. The van der Waals surface area contributed by atoms with E-state index in [1.165, 1.54) is 30.6 Å². The first kappa shape index (κ1) is 16.5. The maximum Gasteiger partial charge on any atom is 0.340 e. The van der Waals surface area contributed by atoms with Crippen LogP contribution in [0.3, 0.4) is 0 Å². The smallest absolute Gasteiger partial charge is 0.340 e. The molecular weight excluding hydrogens is 402 g/mol. The zero-order valence-corrected chi connectivity index (χ0v) is 15.4. The highest BCUT2D eigenvalue weighted by Crippen LogP contribution is 2.44. The van der Waals surface area contributed by atoms with Gasteiger partial charge in [-0.25, -0.2) is 13.2 Å². The fraction of sp³-hybridized carbons (Fsp3) is 0.267. The Kier molecular flexibility index (Phi) is 4.48. The van der Waals surface area contributed by atoms with Crippen molar-refractivity contribution < 1.29 is 17.9 Å². The molecule has 1 aliphatic rings. The van der Waals surface area contributed by atoms with E-state index in [0.717, 1.165) is 17.7 Å². The van der Waals surface area contributed by atoms with Crippen molar-refractivity contribution >= 4 is 48.9 Å². The average Bonchev–Trinajstić information content (AvgIpc) is 3.24. The van der Waals surface area contributed by atoms with Crippen LogP contribution < -0.4 is 4.72 Å². The first-order chi connectivity index (χ1) is 10.9. The van der Waals surface area contributed by atoms with Gasteiger partial charge in [0.1, 0.15) is 4.21 Å². The Bertz CT molecular complexity index is 856. The average molecular weight is 416 g/mol. The molecule has 1 aromatic carbocycles. The summed E-state index contributed by atoms with van der Waals surface area (Å²) in [6.07, 6.45) is 2.24. The molecule has 1 aliphatic carbocycles. The third kappa shape index (κ3) is 3.59. The molecule has 0 radical (unpaired) electrons. The Morgan fingerprint density at radius 1 is 1.30 bits per heavy atom. The van der Waals surface area contributed by atoms with Crippen molar-refractivity contribution in [1.29, 1.82) is 0 Å². The van der Waals surface area contributed by atoms with Crippen LogP contribution in [0, 0.1) is 0 Å². The van der Waals surface area contributed by atoms with E-state index in [1.54, 1.807) is 12.1 Å². The lowest BCUT2D eigenvalue weighted by Gasteiger charge is -2.11. The molecule has 0 unspecified atom stereocenters. The second kappa shape index (κ2) is 6.26. The highest BCUT2D eigenvalue weighted by Gasteiger charge is 2.28. The molecule has 1 heterocycles. The zero-order valence-electron chi connectivity index (χ0n) is 12.2. The van der Waals surface area contributed by atoms with Crippen molar-refractivity contribution in [3.8, 4) is 0 Å². The summed E-state index contributed by atoms with van der Waals surface area (Å²) in [5.74, 6) is -0.101. The molecule has 0 aliphatic heterocycles. The molecular formula is C15H14BrNO4S2. The quantitative estimate of drug-likeness (QED) is 0.749. The summed E-state index contributed by atoms with van der Waals surface area (Å²) in [5.41, 5.74) is 0.353. The lowest BCUT2D eigenvalue weighted by Crippen LogP contribution is -2.15. The summed E-state index contributed by atoms with van der Waals surface area (Å²) < 4.78 is 33.2. The molecule has 23 heavy (non-hydrogen) atoms. The standard InChI is InChI=1S/C15H14BrNO4S2/c1-21-15(18)11-8-10(16)4-5-12(11)17-23(19,20)14-7-6-13(22-14)9-2-3-9/h4-9,17H,2-3H2,1H3. The highest BCUT2D eigenvalue weighted by molar-refractivity contribution is 9.10. The summed E-state index contributed by atoms with van der Waals surface area (Å²) in [6.45, 7) is 0. The van der Waals surface area contributed by atoms with Gasteiger partial charge in [0.05, 0.1) is 18.4 Å². The van der Waals surface area contributed by atoms with Crippen molar-refractivity contribution in [2.75, 3.05) is 11.8 Å². The Hall–Kier alpha value is -1.38. The van der Waals surface area contributed by atoms with Crippen LogP contribution in [-0.4, -0.2) is 21.5 Å². The minimum atomic E-state index is -3.73.